The fourth-order valence-corrected chi connectivity index (χ4v) is 8.25. The molecular formula is C50H32N2O. The lowest BCUT2D eigenvalue weighted by Crippen LogP contribution is -2.10. The van der Waals surface area contributed by atoms with Crippen molar-refractivity contribution in [1.82, 2.24) is 4.57 Å². The highest BCUT2D eigenvalue weighted by Gasteiger charge is 2.19. The highest BCUT2D eigenvalue weighted by atomic mass is 16.3. The average Bonchev–Trinajstić information content (AvgIpc) is 3.76. The predicted octanol–water partition coefficient (Wildman–Crippen LogP) is 14.1. The first-order valence-corrected chi connectivity index (χ1v) is 18.1. The Labute approximate surface area is 306 Å². The van der Waals surface area contributed by atoms with Gasteiger partial charge in [0.05, 0.1) is 11.0 Å². The van der Waals surface area contributed by atoms with Crippen molar-refractivity contribution in [3.05, 3.63) is 194 Å². The van der Waals surface area contributed by atoms with E-state index in [1.165, 1.54) is 54.5 Å². The van der Waals surface area contributed by atoms with E-state index in [9.17, 15) is 0 Å². The molecule has 2 heterocycles. The van der Waals surface area contributed by atoms with Crippen molar-refractivity contribution < 1.29 is 4.42 Å². The molecule has 0 aliphatic heterocycles. The molecule has 0 atom stereocenters. The summed E-state index contributed by atoms with van der Waals surface area (Å²) in [5, 5.41) is 9.61. The van der Waals surface area contributed by atoms with E-state index >= 15 is 0 Å². The third kappa shape index (κ3) is 4.75. The van der Waals surface area contributed by atoms with Gasteiger partial charge in [0, 0.05) is 44.3 Å². The molecule has 0 fully saturated rings. The molecule has 0 aliphatic rings. The van der Waals surface area contributed by atoms with Gasteiger partial charge in [-0.3, -0.25) is 0 Å². The monoisotopic (exact) mass is 676 g/mol. The molecule has 11 rings (SSSR count). The van der Waals surface area contributed by atoms with Crippen LogP contribution in [-0.2, 0) is 0 Å². The van der Waals surface area contributed by atoms with Crippen LogP contribution in [0.5, 0.6) is 0 Å². The van der Waals surface area contributed by atoms with Gasteiger partial charge in [-0.15, -0.1) is 0 Å². The van der Waals surface area contributed by atoms with E-state index in [4.69, 9.17) is 4.42 Å². The summed E-state index contributed by atoms with van der Waals surface area (Å²) in [7, 11) is 0. The zero-order chi connectivity index (χ0) is 34.9. The van der Waals surface area contributed by atoms with Crippen LogP contribution in [-0.4, -0.2) is 4.57 Å². The number of furan rings is 1. The molecule has 3 heteroatoms. The summed E-state index contributed by atoms with van der Waals surface area (Å²) in [6, 6.07) is 69.9. The molecule has 0 unspecified atom stereocenters. The number of rotatable bonds is 5. The van der Waals surface area contributed by atoms with E-state index in [2.05, 4.69) is 191 Å². The molecule has 3 nitrogen and oxygen atoms in total. The van der Waals surface area contributed by atoms with Crippen molar-refractivity contribution in [3.63, 3.8) is 0 Å². The standard InChI is InChI=1S/C50H32N2O/c1-2-10-33(11-3-1)34-20-22-37(23-21-34)52-47-16-8-6-14-43(47)45-31-39(25-28-48(45)52)51(40-26-29-50-46(32-40)44-15-7-9-17-49(44)53-50)38-24-27-42-36(30-38)19-18-35-12-4-5-13-41(35)42/h1-32H. The highest BCUT2D eigenvalue weighted by Crippen LogP contribution is 2.43. The van der Waals surface area contributed by atoms with Crippen LogP contribution in [0.25, 0.3) is 82.1 Å². The number of hydrogen-bond donors (Lipinski definition) is 0. The molecule has 53 heavy (non-hydrogen) atoms. The Kier molecular flexibility index (Phi) is 6.55. The van der Waals surface area contributed by atoms with Crippen LogP contribution < -0.4 is 4.90 Å². The molecule has 0 saturated carbocycles. The van der Waals surface area contributed by atoms with Gasteiger partial charge >= 0.3 is 0 Å². The first-order valence-electron chi connectivity index (χ1n) is 18.1. The van der Waals surface area contributed by atoms with Crippen LogP contribution in [0, 0.1) is 0 Å². The zero-order valence-electron chi connectivity index (χ0n) is 28.8. The maximum atomic E-state index is 6.26. The molecule has 2 aromatic heterocycles. The first kappa shape index (κ1) is 29.6. The summed E-state index contributed by atoms with van der Waals surface area (Å²) < 4.78 is 8.65. The lowest BCUT2D eigenvalue weighted by atomic mass is 10.0. The number of para-hydroxylation sites is 2. The Morgan fingerprint density at radius 2 is 0.925 bits per heavy atom. The second-order valence-corrected chi connectivity index (χ2v) is 13.8. The Hall–Kier alpha value is -7.10. The molecule has 11 aromatic rings. The van der Waals surface area contributed by atoms with Crippen LogP contribution in [0.3, 0.4) is 0 Å². The van der Waals surface area contributed by atoms with Crippen molar-refractivity contribution in [3.8, 4) is 16.8 Å². The maximum Gasteiger partial charge on any atom is 0.135 e. The van der Waals surface area contributed by atoms with Crippen LogP contribution in [0.4, 0.5) is 17.1 Å². The Balaban J connectivity index is 1.12. The quantitative estimate of drug-likeness (QED) is 0.169. The number of nitrogens with zero attached hydrogens (tertiary/aromatic N) is 2. The molecule has 0 saturated heterocycles. The largest absolute Gasteiger partial charge is 0.456 e. The molecule has 0 amide bonds. The van der Waals surface area contributed by atoms with Crippen molar-refractivity contribution in [2.45, 2.75) is 0 Å². The summed E-state index contributed by atoms with van der Waals surface area (Å²) in [5.41, 5.74) is 11.0. The van der Waals surface area contributed by atoms with Gasteiger partial charge in [-0.25, -0.2) is 0 Å². The molecule has 0 aliphatic carbocycles. The number of hydrogen-bond acceptors (Lipinski definition) is 2. The maximum absolute atomic E-state index is 6.26. The van der Waals surface area contributed by atoms with Gasteiger partial charge < -0.3 is 13.9 Å². The van der Waals surface area contributed by atoms with Gasteiger partial charge in [0.15, 0.2) is 0 Å². The average molecular weight is 677 g/mol. The van der Waals surface area contributed by atoms with E-state index in [1.807, 2.05) is 12.1 Å². The molecule has 0 bridgehead atoms. The van der Waals surface area contributed by atoms with Crippen molar-refractivity contribution in [2.24, 2.45) is 0 Å². The lowest BCUT2D eigenvalue weighted by Gasteiger charge is -2.26. The fourth-order valence-electron chi connectivity index (χ4n) is 8.25. The molecule has 0 spiro atoms. The minimum Gasteiger partial charge on any atom is -0.456 e. The van der Waals surface area contributed by atoms with Gasteiger partial charge in [0.25, 0.3) is 0 Å². The van der Waals surface area contributed by atoms with Crippen molar-refractivity contribution in [1.29, 1.82) is 0 Å². The second kappa shape index (κ2) is 11.7. The minimum atomic E-state index is 0.886. The molecule has 0 N–H and O–H groups in total. The van der Waals surface area contributed by atoms with Gasteiger partial charge in [-0.2, -0.15) is 0 Å². The molecular weight excluding hydrogens is 645 g/mol. The van der Waals surface area contributed by atoms with E-state index < -0.39 is 0 Å². The molecule has 248 valence electrons. The predicted molar refractivity (Wildman–Crippen MR) is 223 cm³/mol. The summed E-state index contributed by atoms with van der Waals surface area (Å²) in [6.07, 6.45) is 0. The smallest absolute Gasteiger partial charge is 0.135 e. The van der Waals surface area contributed by atoms with Crippen LogP contribution >= 0.6 is 0 Å². The SMILES string of the molecule is c1ccc(-c2ccc(-n3c4ccccc4c4cc(N(c5ccc6c(ccc7ccccc76)c5)c5ccc6oc7ccccc7c6c5)ccc43)cc2)cc1. The molecule has 0 radical (unpaired) electrons. The zero-order valence-corrected chi connectivity index (χ0v) is 28.8. The van der Waals surface area contributed by atoms with Gasteiger partial charge in [-0.1, -0.05) is 121 Å². The van der Waals surface area contributed by atoms with E-state index in [0.29, 0.717) is 0 Å². The van der Waals surface area contributed by atoms with Crippen molar-refractivity contribution in [2.75, 3.05) is 4.90 Å². The first-order chi connectivity index (χ1) is 26.3. The topological polar surface area (TPSA) is 21.3 Å². The normalized spacial score (nSPS) is 11.8. The minimum absolute atomic E-state index is 0.886. The summed E-state index contributed by atoms with van der Waals surface area (Å²) >= 11 is 0. The molecule has 9 aromatic carbocycles. The van der Waals surface area contributed by atoms with Gasteiger partial charge in [-0.05, 0) is 105 Å². The van der Waals surface area contributed by atoms with E-state index in [0.717, 1.165) is 44.7 Å². The Morgan fingerprint density at radius 1 is 0.340 bits per heavy atom. The van der Waals surface area contributed by atoms with Gasteiger partial charge in [0.1, 0.15) is 11.2 Å². The lowest BCUT2D eigenvalue weighted by molar-refractivity contribution is 0.669. The van der Waals surface area contributed by atoms with E-state index in [-0.39, 0.29) is 0 Å². The number of fused-ring (bicyclic) bond motifs is 9. The van der Waals surface area contributed by atoms with Crippen LogP contribution in [0.1, 0.15) is 0 Å². The fraction of sp³-hybridized carbons (Fsp3) is 0. The number of anilines is 3. The summed E-state index contributed by atoms with van der Waals surface area (Å²) in [6.45, 7) is 0. The van der Waals surface area contributed by atoms with Gasteiger partial charge in [0.2, 0.25) is 0 Å². The Bertz CT molecular complexity index is 3170. The summed E-state index contributed by atoms with van der Waals surface area (Å²) in [4.78, 5) is 2.38. The van der Waals surface area contributed by atoms with Crippen molar-refractivity contribution >= 4 is 82.4 Å². The Morgan fingerprint density at radius 3 is 1.79 bits per heavy atom. The third-order valence-electron chi connectivity index (χ3n) is 10.8. The second-order valence-electron chi connectivity index (χ2n) is 13.8. The third-order valence-corrected chi connectivity index (χ3v) is 10.8. The highest BCUT2D eigenvalue weighted by molar-refractivity contribution is 6.12. The van der Waals surface area contributed by atoms with Crippen LogP contribution in [0.15, 0.2) is 199 Å². The number of aromatic nitrogens is 1. The van der Waals surface area contributed by atoms with Crippen LogP contribution in [0.2, 0.25) is 0 Å². The number of benzene rings is 9. The summed E-state index contributed by atoms with van der Waals surface area (Å²) in [5.74, 6) is 0. The van der Waals surface area contributed by atoms with E-state index in [1.54, 1.807) is 0 Å².